The van der Waals surface area contributed by atoms with Gasteiger partial charge in [-0.25, -0.2) is 4.79 Å². The third-order valence-corrected chi connectivity index (χ3v) is 8.17. The minimum atomic E-state index is -1.30. The van der Waals surface area contributed by atoms with Crippen LogP contribution in [0.15, 0.2) is 70.4 Å². The fourth-order valence-corrected chi connectivity index (χ4v) is 5.97. The van der Waals surface area contributed by atoms with Crippen molar-refractivity contribution in [3.8, 4) is 5.75 Å². The van der Waals surface area contributed by atoms with Crippen LogP contribution in [0, 0.1) is 0 Å². The van der Waals surface area contributed by atoms with Crippen molar-refractivity contribution in [3.63, 3.8) is 0 Å². The summed E-state index contributed by atoms with van der Waals surface area (Å²) in [6, 6.07) is 17.7. The van der Waals surface area contributed by atoms with Gasteiger partial charge in [-0.2, -0.15) is 4.98 Å². The van der Waals surface area contributed by atoms with Crippen LogP contribution >= 0.6 is 0 Å². The zero-order valence-electron chi connectivity index (χ0n) is 20.7. The van der Waals surface area contributed by atoms with E-state index < -0.39 is 40.2 Å². The molecule has 10 nitrogen and oxygen atoms in total. The number of amides is 2. The molecule has 3 aromatic rings. The van der Waals surface area contributed by atoms with Gasteiger partial charge in [0.1, 0.15) is 12.4 Å². The highest BCUT2D eigenvalue weighted by Crippen LogP contribution is 2.33. The molecule has 3 heterocycles. The molecule has 1 saturated heterocycles. The first-order valence-electron chi connectivity index (χ1n) is 12.5. The molecule has 0 saturated carbocycles. The summed E-state index contributed by atoms with van der Waals surface area (Å²) in [4.78, 5) is 46.7. The molecule has 2 unspecified atom stereocenters. The van der Waals surface area contributed by atoms with E-state index in [9.17, 15) is 23.7 Å². The van der Waals surface area contributed by atoms with E-state index >= 15 is 0 Å². The van der Waals surface area contributed by atoms with Crippen LogP contribution in [0.25, 0.3) is 0 Å². The Bertz CT molecular complexity index is 1410. The van der Waals surface area contributed by atoms with Gasteiger partial charge in [-0.3, -0.25) is 18.7 Å². The van der Waals surface area contributed by atoms with Crippen LogP contribution in [0.4, 0.5) is 4.79 Å². The molecule has 1 N–H and O–H groups in total. The maximum Gasteiger partial charge on any atom is 0.410 e. The number of nitrogens with zero attached hydrogens (tertiary/aromatic N) is 4. The molecule has 11 heteroatoms. The number of likely N-dealkylation sites (tertiary alicyclic amines) is 1. The van der Waals surface area contributed by atoms with Crippen LogP contribution in [0.1, 0.15) is 40.8 Å². The lowest BCUT2D eigenvalue weighted by Gasteiger charge is -2.33. The summed E-state index contributed by atoms with van der Waals surface area (Å²) in [5.74, 6) is -0.764. The number of aromatic hydroxyl groups is 1. The molecule has 0 spiro atoms. The van der Waals surface area contributed by atoms with Crippen molar-refractivity contribution < 1.29 is 23.6 Å². The topological polar surface area (TPSA) is 122 Å². The third-order valence-electron chi connectivity index (χ3n) is 6.82. The quantitative estimate of drug-likeness (QED) is 0.493. The molecule has 1 fully saturated rings. The first kappa shape index (κ1) is 25.7. The molecular weight excluding hydrogens is 508 g/mol. The zero-order chi connectivity index (χ0) is 26.6. The number of aromatic nitrogens is 2. The van der Waals surface area contributed by atoms with Crippen molar-refractivity contribution in [2.75, 3.05) is 25.4 Å². The Balaban J connectivity index is 1.34. The fourth-order valence-electron chi connectivity index (χ4n) is 4.88. The van der Waals surface area contributed by atoms with E-state index in [1.54, 1.807) is 24.3 Å². The van der Waals surface area contributed by atoms with Gasteiger partial charge in [-0.05, 0) is 30.5 Å². The number of carbonyl (C=O) groups excluding carboxylic acids is 2. The largest absolute Gasteiger partial charge is 0.501 e. The molecule has 2 atom stereocenters. The van der Waals surface area contributed by atoms with E-state index in [4.69, 9.17) is 4.74 Å². The standard InChI is InChI=1S/C27H28N4O6S/c32-23-22-26(34)29(16-17-38(36)20-10-5-2-6-11-20)14-15-31(22)24(28-25(23)33)21-12-7-13-30(21)27(35)37-18-19-8-3-1-4-9-19/h1-6,8-11,21,32H,7,12-18H2. The maximum atomic E-state index is 13.4. The van der Waals surface area contributed by atoms with Crippen molar-refractivity contribution in [3.05, 3.63) is 88.1 Å². The molecule has 198 valence electrons. The Labute approximate surface area is 221 Å². The Kier molecular flexibility index (Phi) is 7.54. The Morgan fingerprint density at radius 2 is 1.74 bits per heavy atom. The van der Waals surface area contributed by atoms with Crippen molar-refractivity contribution in [1.29, 1.82) is 0 Å². The summed E-state index contributed by atoms with van der Waals surface area (Å²) in [6.45, 7) is 1.31. The van der Waals surface area contributed by atoms with Gasteiger partial charge < -0.3 is 19.3 Å². The number of hydrogen-bond donors (Lipinski definition) is 1. The second-order valence-electron chi connectivity index (χ2n) is 9.17. The third kappa shape index (κ3) is 5.19. The average molecular weight is 537 g/mol. The van der Waals surface area contributed by atoms with E-state index in [0.29, 0.717) is 30.8 Å². The van der Waals surface area contributed by atoms with E-state index in [0.717, 1.165) is 5.56 Å². The maximum absolute atomic E-state index is 13.4. The first-order valence-corrected chi connectivity index (χ1v) is 13.8. The second-order valence-corrected chi connectivity index (χ2v) is 10.7. The van der Waals surface area contributed by atoms with E-state index in [-0.39, 0.29) is 37.0 Å². The van der Waals surface area contributed by atoms with E-state index in [1.165, 1.54) is 14.4 Å². The summed E-state index contributed by atoms with van der Waals surface area (Å²) in [5, 5.41) is 10.5. The van der Waals surface area contributed by atoms with Crippen LogP contribution in [-0.4, -0.2) is 66.1 Å². The SMILES string of the molecule is O=C1c2c(O)c(=O)nc(C3CCCN3C(=O)OCc3ccccc3)n2CCN1CCS(=O)c1ccccc1. The monoisotopic (exact) mass is 536 g/mol. The number of ether oxygens (including phenoxy) is 1. The second kappa shape index (κ2) is 11.2. The van der Waals surface area contributed by atoms with E-state index in [2.05, 4.69) is 4.98 Å². The smallest absolute Gasteiger partial charge is 0.410 e. The highest BCUT2D eigenvalue weighted by Gasteiger charge is 2.38. The number of hydrogen-bond acceptors (Lipinski definition) is 7. The number of rotatable bonds is 7. The zero-order valence-corrected chi connectivity index (χ0v) is 21.5. The molecular formula is C27H28N4O6S. The first-order chi connectivity index (χ1) is 18.4. The summed E-state index contributed by atoms with van der Waals surface area (Å²) < 4.78 is 19.7. The Morgan fingerprint density at radius 1 is 1.03 bits per heavy atom. The molecule has 0 aliphatic carbocycles. The number of benzene rings is 2. The minimum absolute atomic E-state index is 0.113. The lowest BCUT2D eigenvalue weighted by atomic mass is 10.1. The fraction of sp³-hybridized carbons (Fsp3) is 0.333. The van der Waals surface area contributed by atoms with Crippen LogP contribution < -0.4 is 5.56 Å². The van der Waals surface area contributed by atoms with Gasteiger partial charge in [0, 0.05) is 36.8 Å². The summed E-state index contributed by atoms with van der Waals surface area (Å²) in [5.41, 5.74) is -0.216. The Hall–Kier alpha value is -3.99. The molecule has 2 aliphatic heterocycles. The van der Waals surface area contributed by atoms with Crippen LogP contribution in [-0.2, 0) is 28.7 Å². The highest BCUT2D eigenvalue weighted by atomic mass is 32.2. The predicted octanol–water partition coefficient (Wildman–Crippen LogP) is 2.69. The summed E-state index contributed by atoms with van der Waals surface area (Å²) in [7, 11) is -1.30. The molecule has 1 aromatic heterocycles. The predicted molar refractivity (Wildman–Crippen MR) is 139 cm³/mol. The normalized spacial score (nSPS) is 17.8. The Morgan fingerprint density at radius 3 is 2.47 bits per heavy atom. The average Bonchev–Trinajstić information content (AvgIpc) is 3.44. The van der Waals surface area contributed by atoms with Crippen LogP contribution in [0.3, 0.4) is 0 Å². The van der Waals surface area contributed by atoms with Crippen molar-refractivity contribution in [2.24, 2.45) is 0 Å². The molecule has 2 aliphatic rings. The molecule has 2 aromatic carbocycles. The van der Waals surface area contributed by atoms with E-state index in [1.807, 2.05) is 36.4 Å². The van der Waals surface area contributed by atoms with Crippen LogP contribution in [0.5, 0.6) is 5.75 Å². The summed E-state index contributed by atoms with van der Waals surface area (Å²) in [6.07, 6.45) is 0.702. The lowest BCUT2D eigenvalue weighted by Crippen LogP contribution is -2.45. The summed E-state index contributed by atoms with van der Waals surface area (Å²) >= 11 is 0. The van der Waals surface area contributed by atoms with Crippen molar-refractivity contribution in [1.82, 2.24) is 19.4 Å². The van der Waals surface area contributed by atoms with Gasteiger partial charge in [-0.1, -0.05) is 48.5 Å². The minimum Gasteiger partial charge on any atom is -0.501 e. The number of fused-ring (bicyclic) bond motifs is 1. The number of carbonyl (C=O) groups is 2. The van der Waals surface area contributed by atoms with Gasteiger partial charge in [0.05, 0.1) is 16.8 Å². The van der Waals surface area contributed by atoms with Gasteiger partial charge in [0.25, 0.3) is 5.91 Å². The van der Waals surface area contributed by atoms with Gasteiger partial charge in [0.2, 0.25) is 5.75 Å². The van der Waals surface area contributed by atoms with Gasteiger partial charge in [-0.15, -0.1) is 0 Å². The van der Waals surface area contributed by atoms with Gasteiger partial charge >= 0.3 is 11.7 Å². The molecule has 38 heavy (non-hydrogen) atoms. The molecule has 5 rings (SSSR count). The lowest BCUT2D eigenvalue weighted by molar-refractivity contribution is 0.0697. The van der Waals surface area contributed by atoms with Gasteiger partial charge in [0.15, 0.2) is 5.69 Å². The van der Waals surface area contributed by atoms with Crippen molar-refractivity contribution >= 4 is 22.8 Å². The highest BCUT2D eigenvalue weighted by molar-refractivity contribution is 7.85. The molecule has 0 radical (unpaired) electrons. The van der Waals surface area contributed by atoms with Crippen LogP contribution in [0.2, 0.25) is 0 Å². The molecule has 0 bridgehead atoms. The van der Waals surface area contributed by atoms with Crippen molar-refractivity contribution in [2.45, 2.75) is 36.9 Å². The molecule has 2 amide bonds.